The molecule has 6 heteroatoms. The predicted molar refractivity (Wildman–Crippen MR) is 121 cm³/mol. The number of anilines is 1. The maximum atomic E-state index is 12.6. The van der Waals surface area contributed by atoms with Gasteiger partial charge in [-0.1, -0.05) is 40.2 Å². The van der Waals surface area contributed by atoms with E-state index in [1.165, 1.54) is 0 Å². The Balaban J connectivity index is 1.31. The van der Waals surface area contributed by atoms with Crippen LogP contribution in [0.15, 0.2) is 93.8 Å². The van der Waals surface area contributed by atoms with Crippen LogP contribution in [-0.2, 0) is 0 Å². The van der Waals surface area contributed by atoms with E-state index in [4.69, 9.17) is 4.42 Å². The number of benzene rings is 3. The number of hydrogen-bond acceptors (Lipinski definition) is 3. The fourth-order valence-corrected chi connectivity index (χ4v) is 3.49. The van der Waals surface area contributed by atoms with Crippen LogP contribution >= 0.6 is 15.9 Å². The van der Waals surface area contributed by atoms with Gasteiger partial charge in [0.1, 0.15) is 11.6 Å². The monoisotopic (exact) mass is 457 g/mol. The van der Waals surface area contributed by atoms with Crippen molar-refractivity contribution in [2.75, 3.05) is 5.32 Å². The lowest BCUT2D eigenvalue weighted by atomic mass is 10.2. The highest BCUT2D eigenvalue weighted by atomic mass is 79.9. The molecule has 0 saturated carbocycles. The van der Waals surface area contributed by atoms with Crippen molar-refractivity contribution in [2.45, 2.75) is 0 Å². The van der Waals surface area contributed by atoms with Gasteiger partial charge in [-0.05, 0) is 60.7 Å². The second-order valence-electron chi connectivity index (χ2n) is 6.80. The number of hydrogen-bond donors (Lipinski definition) is 2. The number of furan rings is 1. The number of aromatic nitrogens is 2. The van der Waals surface area contributed by atoms with Crippen LogP contribution in [0.4, 0.5) is 5.69 Å². The summed E-state index contributed by atoms with van der Waals surface area (Å²) in [5, 5.41) is 2.87. The highest BCUT2D eigenvalue weighted by molar-refractivity contribution is 9.10. The number of para-hydroxylation sites is 2. The molecule has 146 valence electrons. The minimum absolute atomic E-state index is 0.259. The van der Waals surface area contributed by atoms with E-state index in [1.54, 1.807) is 12.1 Å². The van der Waals surface area contributed by atoms with Crippen LogP contribution in [0.5, 0.6) is 0 Å². The lowest BCUT2D eigenvalue weighted by molar-refractivity contribution is 0.0997. The van der Waals surface area contributed by atoms with Gasteiger partial charge in [0.05, 0.1) is 11.0 Å². The van der Waals surface area contributed by atoms with Crippen molar-refractivity contribution < 1.29 is 9.21 Å². The standard InChI is InChI=1S/C24H16BrN3O2/c25-17-9-5-15(6-10-17)21-13-14-22(30-21)24(29)26-18-11-7-16(8-12-18)23-27-19-3-1-2-4-20(19)28-23/h1-14H,(H,26,29)(H,27,28). The Labute approximate surface area is 180 Å². The molecule has 0 spiro atoms. The number of rotatable bonds is 4. The van der Waals surface area contributed by atoms with E-state index in [1.807, 2.05) is 72.8 Å². The van der Waals surface area contributed by atoms with E-state index >= 15 is 0 Å². The van der Waals surface area contributed by atoms with E-state index in [0.717, 1.165) is 32.5 Å². The van der Waals surface area contributed by atoms with Crippen LogP contribution in [0.1, 0.15) is 10.6 Å². The van der Waals surface area contributed by atoms with Crippen molar-refractivity contribution in [1.82, 2.24) is 9.97 Å². The molecule has 2 N–H and O–H groups in total. The second kappa shape index (κ2) is 7.65. The van der Waals surface area contributed by atoms with E-state index < -0.39 is 0 Å². The highest BCUT2D eigenvalue weighted by Gasteiger charge is 2.13. The van der Waals surface area contributed by atoms with Gasteiger partial charge in [-0.25, -0.2) is 4.98 Å². The maximum absolute atomic E-state index is 12.6. The van der Waals surface area contributed by atoms with E-state index in [2.05, 4.69) is 31.2 Å². The van der Waals surface area contributed by atoms with Crippen LogP contribution in [0.25, 0.3) is 33.7 Å². The molecule has 0 aliphatic heterocycles. The second-order valence-corrected chi connectivity index (χ2v) is 7.72. The number of fused-ring (bicyclic) bond motifs is 1. The Morgan fingerprint density at radius 2 is 1.60 bits per heavy atom. The fourth-order valence-electron chi connectivity index (χ4n) is 3.22. The third-order valence-corrected chi connectivity index (χ3v) is 5.29. The molecule has 2 aromatic heterocycles. The zero-order valence-electron chi connectivity index (χ0n) is 15.7. The Morgan fingerprint density at radius 1 is 0.867 bits per heavy atom. The zero-order chi connectivity index (χ0) is 20.5. The normalized spacial score (nSPS) is 11.0. The number of halogens is 1. The molecule has 0 radical (unpaired) electrons. The van der Waals surface area contributed by atoms with Crippen LogP contribution in [0.2, 0.25) is 0 Å². The summed E-state index contributed by atoms with van der Waals surface area (Å²) in [4.78, 5) is 20.5. The summed E-state index contributed by atoms with van der Waals surface area (Å²) in [6.45, 7) is 0. The molecule has 5 nitrogen and oxygen atoms in total. The maximum Gasteiger partial charge on any atom is 0.291 e. The molecule has 0 atom stereocenters. The molecule has 0 bridgehead atoms. The average molecular weight is 458 g/mol. The van der Waals surface area contributed by atoms with Crippen molar-refractivity contribution in [3.63, 3.8) is 0 Å². The summed E-state index contributed by atoms with van der Waals surface area (Å²) in [5.74, 6) is 1.40. The Hall–Kier alpha value is -3.64. The molecule has 30 heavy (non-hydrogen) atoms. The van der Waals surface area contributed by atoms with Crippen LogP contribution in [0, 0.1) is 0 Å². The van der Waals surface area contributed by atoms with Gasteiger partial charge in [0, 0.05) is 21.3 Å². The van der Waals surface area contributed by atoms with Gasteiger partial charge >= 0.3 is 0 Å². The lowest BCUT2D eigenvalue weighted by Gasteiger charge is -2.04. The lowest BCUT2D eigenvalue weighted by Crippen LogP contribution is -2.10. The van der Waals surface area contributed by atoms with Crippen LogP contribution < -0.4 is 5.32 Å². The van der Waals surface area contributed by atoms with E-state index in [0.29, 0.717) is 11.4 Å². The molecule has 2 heterocycles. The Bertz CT molecular complexity index is 1300. The number of carbonyl (C=O) groups is 1. The summed E-state index contributed by atoms with van der Waals surface area (Å²) in [6, 6.07) is 26.6. The third kappa shape index (κ3) is 3.65. The summed E-state index contributed by atoms with van der Waals surface area (Å²) < 4.78 is 6.72. The molecule has 0 fully saturated rings. The minimum atomic E-state index is -0.296. The number of aromatic amines is 1. The van der Waals surface area contributed by atoms with Crippen molar-refractivity contribution >= 4 is 38.6 Å². The molecule has 0 aliphatic rings. The molecular weight excluding hydrogens is 442 g/mol. The molecule has 5 rings (SSSR count). The highest BCUT2D eigenvalue weighted by Crippen LogP contribution is 2.25. The summed E-state index contributed by atoms with van der Waals surface area (Å²) in [5.41, 5.74) is 4.45. The first-order chi connectivity index (χ1) is 14.7. The van der Waals surface area contributed by atoms with Crippen molar-refractivity contribution in [3.05, 3.63) is 95.2 Å². The van der Waals surface area contributed by atoms with Crippen LogP contribution in [-0.4, -0.2) is 15.9 Å². The van der Waals surface area contributed by atoms with Gasteiger partial charge in [-0.2, -0.15) is 0 Å². The molecule has 0 saturated heterocycles. The molecule has 5 aromatic rings. The number of carbonyl (C=O) groups excluding carboxylic acids is 1. The van der Waals surface area contributed by atoms with Gasteiger partial charge in [0.25, 0.3) is 5.91 Å². The quantitative estimate of drug-likeness (QED) is 0.323. The van der Waals surface area contributed by atoms with Crippen LogP contribution in [0.3, 0.4) is 0 Å². The number of H-pyrrole nitrogens is 1. The molecular formula is C24H16BrN3O2. The predicted octanol–water partition coefficient (Wildman–Crippen LogP) is 6.50. The van der Waals surface area contributed by atoms with Gasteiger partial charge in [0.2, 0.25) is 0 Å². The first kappa shape index (κ1) is 18.4. The topological polar surface area (TPSA) is 70.9 Å². The third-order valence-electron chi connectivity index (χ3n) is 4.76. The molecule has 0 aliphatic carbocycles. The molecule has 0 unspecified atom stereocenters. The summed E-state index contributed by atoms with van der Waals surface area (Å²) >= 11 is 3.41. The van der Waals surface area contributed by atoms with E-state index in [-0.39, 0.29) is 11.7 Å². The number of amides is 1. The first-order valence-corrected chi connectivity index (χ1v) is 10.2. The Morgan fingerprint density at radius 3 is 2.37 bits per heavy atom. The first-order valence-electron chi connectivity index (χ1n) is 9.38. The van der Waals surface area contributed by atoms with Gasteiger partial charge in [-0.15, -0.1) is 0 Å². The average Bonchev–Trinajstić information content (AvgIpc) is 3.42. The minimum Gasteiger partial charge on any atom is -0.451 e. The number of nitrogens with zero attached hydrogens (tertiary/aromatic N) is 1. The largest absolute Gasteiger partial charge is 0.451 e. The summed E-state index contributed by atoms with van der Waals surface area (Å²) in [7, 11) is 0. The summed E-state index contributed by atoms with van der Waals surface area (Å²) in [6.07, 6.45) is 0. The number of imidazole rings is 1. The van der Waals surface area contributed by atoms with Gasteiger partial charge < -0.3 is 14.7 Å². The SMILES string of the molecule is O=C(Nc1ccc(-c2nc3ccccc3[nH]2)cc1)c1ccc(-c2ccc(Br)cc2)o1. The molecule has 1 amide bonds. The zero-order valence-corrected chi connectivity index (χ0v) is 17.3. The number of nitrogens with one attached hydrogen (secondary N) is 2. The fraction of sp³-hybridized carbons (Fsp3) is 0. The smallest absolute Gasteiger partial charge is 0.291 e. The molecule has 3 aromatic carbocycles. The van der Waals surface area contributed by atoms with E-state index in [9.17, 15) is 4.79 Å². The Kier molecular flexibility index (Phi) is 4.69. The van der Waals surface area contributed by atoms with Gasteiger partial charge in [0.15, 0.2) is 5.76 Å². The van der Waals surface area contributed by atoms with Crippen molar-refractivity contribution in [2.24, 2.45) is 0 Å². The van der Waals surface area contributed by atoms with Crippen molar-refractivity contribution in [1.29, 1.82) is 0 Å². The van der Waals surface area contributed by atoms with Crippen molar-refractivity contribution in [3.8, 4) is 22.7 Å². The van der Waals surface area contributed by atoms with Gasteiger partial charge in [-0.3, -0.25) is 4.79 Å².